The average molecular weight is 387 g/mol. The maximum atomic E-state index is 12.2. The van der Waals surface area contributed by atoms with E-state index in [-0.39, 0.29) is 18.8 Å². The maximum Gasteiger partial charge on any atom is 0.310 e. The second kappa shape index (κ2) is 7.84. The quantitative estimate of drug-likeness (QED) is 0.454. The Labute approximate surface area is 161 Å². The van der Waals surface area contributed by atoms with E-state index in [9.17, 15) is 9.59 Å². The summed E-state index contributed by atoms with van der Waals surface area (Å²) < 4.78 is 15.7. The molecule has 27 heavy (non-hydrogen) atoms. The number of rotatable bonds is 6. The van der Waals surface area contributed by atoms with E-state index >= 15 is 0 Å². The molecule has 0 unspecified atom stereocenters. The summed E-state index contributed by atoms with van der Waals surface area (Å²) in [4.78, 5) is 24.3. The molecule has 0 atom stereocenters. The van der Waals surface area contributed by atoms with Crippen molar-refractivity contribution in [1.29, 1.82) is 0 Å². The van der Waals surface area contributed by atoms with Gasteiger partial charge in [0.1, 0.15) is 11.3 Å². The number of hydrogen-bond donors (Lipinski definition) is 0. The van der Waals surface area contributed by atoms with Gasteiger partial charge >= 0.3 is 5.97 Å². The number of aryl methyl sites for hydroxylation is 2. The Kier molecular flexibility index (Phi) is 5.51. The predicted octanol–water partition coefficient (Wildman–Crippen LogP) is 4.68. The fourth-order valence-corrected chi connectivity index (χ4v) is 3.01. The van der Waals surface area contributed by atoms with Crippen LogP contribution in [0.5, 0.6) is 5.75 Å². The number of benzene rings is 2. The molecule has 3 rings (SSSR count). The highest BCUT2D eigenvalue weighted by Crippen LogP contribution is 2.26. The molecule has 1 heterocycles. The minimum absolute atomic E-state index is 0.0339. The molecule has 0 saturated carbocycles. The fraction of sp³-hybridized carbons (Fsp3) is 0.238. The molecule has 140 valence electrons. The molecular formula is C21H19ClO5. The van der Waals surface area contributed by atoms with Crippen LogP contribution in [0.25, 0.3) is 11.0 Å². The maximum absolute atomic E-state index is 12.2. The number of Topliss-reactive ketones (excluding diaryl/α,β-unsaturated/α-hetero) is 1. The van der Waals surface area contributed by atoms with Gasteiger partial charge in [-0.3, -0.25) is 9.59 Å². The standard InChI is InChI=1S/C21H19ClO5/c1-12-6-16-15(10-26-20(16)7-13(12)2)9-21(24)27-11-18(23)14-4-5-19(25-3)17(22)8-14/h4-8,10H,9,11H2,1-3H3. The van der Waals surface area contributed by atoms with Crippen LogP contribution in [0, 0.1) is 13.8 Å². The first kappa shape index (κ1) is 19.0. The van der Waals surface area contributed by atoms with Gasteiger partial charge in [-0.2, -0.15) is 0 Å². The summed E-state index contributed by atoms with van der Waals surface area (Å²) in [5, 5.41) is 1.20. The number of esters is 1. The van der Waals surface area contributed by atoms with Crippen molar-refractivity contribution in [2.75, 3.05) is 13.7 Å². The van der Waals surface area contributed by atoms with Crippen LogP contribution in [-0.2, 0) is 16.0 Å². The lowest BCUT2D eigenvalue weighted by atomic mass is 10.0. The van der Waals surface area contributed by atoms with E-state index in [4.69, 9.17) is 25.5 Å². The predicted molar refractivity (Wildman–Crippen MR) is 103 cm³/mol. The van der Waals surface area contributed by atoms with Crippen molar-refractivity contribution in [2.24, 2.45) is 0 Å². The van der Waals surface area contributed by atoms with Gasteiger partial charge in [-0.25, -0.2) is 0 Å². The topological polar surface area (TPSA) is 65.7 Å². The molecule has 0 aliphatic carbocycles. The third-order valence-corrected chi connectivity index (χ3v) is 4.74. The Morgan fingerprint density at radius 2 is 1.85 bits per heavy atom. The number of halogens is 1. The van der Waals surface area contributed by atoms with Gasteiger partial charge in [0.2, 0.25) is 0 Å². The lowest BCUT2D eigenvalue weighted by molar-refractivity contribution is -0.141. The van der Waals surface area contributed by atoms with Gasteiger partial charge in [0.05, 0.1) is 24.8 Å². The lowest BCUT2D eigenvalue weighted by Gasteiger charge is -2.07. The molecule has 0 spiro atoms. The summed E-state index contributed by atoms with van der Waals surface area (Å²) >= 11 is 6.02. The Morgan fingerprint density at radius 3 is 2.56 bits per heavy atom. The van der Waals surface area contributed by atoms with Crippen LogP contribution < -0.4 is 4.74 Å². The van der Waals surface area contributed by atoms with Crippen molar-refractivity contribution in [1.82, 2.24) is 0 Å². The van der Waals surface area contributed by atoms with E-state index in [1.807, 2.05) is 26.0 Å². The third kappa shape index (κ3) is 4.14. The number of carbonyl (C=O) groups excluding carboxylic acids is 2. The minimum Gasteiger partial charge on any atom is -0.495 e. The SMILES string of the molecule is COc1ccc(C(=O)COC(=O)Cc2coc3cc(C)c(C)cc23)cc1Cl. The summed E-state index contributed by atoms with van der Waals surface area (Å²) in [6, 6.07) is 8.60. The van der Waals surface area contributed by atoms with Crippen molar-refractivity contribution in [3.8, 4) is 5.75 Å². The van der Waals surface area contributed by atoms with Crippen molar-refractivity contribution in [3.63, 3.8) is 0 Å². The highest BCUT2D eigenvalue weighted by atomic mass is 35.5. The highest BCUT2D eigenvalue weighted by molar-refractivity contribution is 6.32. The van der Waals surface area contributed by atoms with Gasteiger partial charge in [-0.15, -0.1) is 0 Å². The molecule has 0 amide bonds. The second-order valence-corrected chi connectivity index (χ2v) is 6.71. The summed E-state index contributed by atoms with van der Waals surface area (Å²) in [5.74, 6) is -0.358. The van der Waals surface area contributed by atoms with Crippen molar-refractivity contribution in [2.45, 2.75) is 20.3 Å². The zero-order valence-electron chi connectivity index (χ0n) is 15.3. The average Bonchev–Trinajstić information content (AvgIpc) is 3.01. The van der Waals surface area contributed by atoms with E-state index in [2.05, 4.69) is 0 Å². The van der Waals surface area contributed by atoms with E-state index in [1.165, 1.54) is 13.2 Å². The molecule has 0 aliphatic heterocycles. The Hall–Kier alpha value is -2.79. The highest BCUT2D eigenvalue weighted by Gasteiger charge is 2.15. The van der Waals surface area contributed by atoms with Crippen molar-refractivity contribution in [3.05, 3.63) is 63.9 Å². The zero-order chi connectivity index (χ0) is 19.6. The van der Waals surface area contributed by atoms with Crippen LogP contribution in [-0.4, -0.2) is 25.5 Å². The molecular weight excluding hydrogens is 368 g/mol. The lowest BCUT2D eigenvalue weighted by Crippen LogP contribution is -2.15. The first-order valence-corrected chi connectivity index (χ1v) is 8.76. The molecule has 5 nitrogen and oxygen atoms in total. The van der Waals surface area contributed by atoms with E-state index in [0.29, 0.717) is 16.3 Å². The first-order valence-electron chi connectivity index (χ1n) is 8.38. The van der Waals surface area contributed by atoms with Crippen LogP contribution >= 0.6 is 11.6 Å². The van der Waals surface area contributed by atoms with Crippen LogP contribution in [0.3, 0.4) is 0 Å². The molecule has 0 saturated heterocycles. The summed E-state index contributed by atoms with van der Waals surface area (Å²) in [6.07, 6.45) is 1.59. The van der Waals surface area contributed by atoms with Crippen LogP contribution in [0.15, 0.2) is 41.0 Å². The number of ether oxygens (including phenoxy) is 2. The van der Waals surface area contributed by atoms with E-state index in [0.717, 1.165) is 27.7 Å². The Bertz CT molecular complexity index is 1020. The molecule has 0 fully saturated rings. The number of methoxy groups -OCH3 is 1. The number of carbonyl (C=O) groups is 2. The summed E-state index contributed by atoms with van der Waals surface area (Å²) in [7, 11) is 1.49. The van der Waals surface area contributed by atoms with Gasteiger partial charge in [-0.1, -0.05) is 11.6 Å². The summed E-state index contributed by atoms with van der Waals surface area (Å²) in [5.41, 5.74) is 4.05. The number of furan rings is 1. The van der Waals surface area contributed by atoms with Crippen molar-refractivity contribution >= 4 is 34.3 Å². The smallest absolute Gasteiger partial charge is 0.310 e. The van der Waals surface area contributed by atoms with Gasteiger partial charge in [0.15, 0.2) is 12.4 Å². The van der Waals surface area contributed by atoms with Gasteiger partial charge in [0.25, 0.3) is 0 Å². The third-order valence-electron chi connectivity index (χ3n) is 4.44. The second-order valence-electron chi connectivity index (χ2n) is 6.30. The normalized spacial score (nSPS) is 10.8. The first-order chi connectivity index (χ1) is 12.9. The molecule has 6 heteroatoms. The molecule has 1 aromatic heterocycles. The van der Waals surface area contributed by atoms with Gasteiger partial charge < -0.3 is 13.9 Å². The summed E-state index contributed by atoms with van der Waals surface area (Å²) in [6.45, 7) is 3.65. The van der Waals surface area contributed by atoms with Crippen LogP contribution in [0.2, 0.25) is 5.02 Å². The van der Waals surface area contributed by atoms with Crippen LogP contribution in [0.4, 0.5) is 0 Å². The molecule has 0 aliphatic rings. The molecule has 2 aromatic carbocycles. The fourth-order valence-electron chi connectivity index (χ4n) is 2.75. The van der Waals surface area contributed by atoms with Crippen LogP contribution in [0.1, 0.15) is 27.0 Å². The minimum atomic E-state index is -0.496. The molecule has 0 radical (unpaired) electrons. The zero-order valence-corrected chi connectivity index (χ0v) is 16.1. The van der Waals surface area contributed by atoms with Gasteiger partial charge in [0, 0.05) is 16.5 Å². The Balaban J connectivity index is 1.64. The molecule has 3 aromatic rings. The van der Waals surface area contributed by atoms with E-state index in [1.54, 1.807) is 18.4 Å². The van der Waals surface area contributed by atoms with Gasteiger partial charge in [-0.05, 0) is 55.3 Å². The molecule has 0 N–H and O–H groups in total. The number of hydrogen-bond acceptors (Lipinski definition) is 5. The number of fused-ring (bicyclic) bond motifs is 1. The largest absolute Gasteiger partial charge is 0.495 e. The Morgan fingerprint density at radius 1 is 1.11 bits per heavy atom. The van der Waals surface area contributed by atoms with Crippen molar-refractivity contribution < 1.29 is 23.5 Å². The number of ketones is 1. The van der Waals surface area contributed by atoms with E-state index < -0.39 is 5.97 Å². The molecule has 0 bridgehead atoms. The monoisotopic (exact) mass is 386 g/mol.